The summed E-state index contributed by atoms with van der Waals surface area (Å²) in [6.45, 7) is 0.543. The Morgan fingerprint density at radius 2 is 1.87 bits per heavy atom. The van der Waals surface area contributed by atoms with Crippen LogP contribution in [0.3, 0.4) is 0 Å². The Labute approximate surface area is 136 Å². The lowest BCUT2D eigenvalue weighted by Crippen LogP contribution is -2.40. The van der Waals surface area contributed by atoms with Gasteiger partial charge in [0.15, 0.2) is 0 Å². The normalized spacial score (nSPS) is 11.6. The Kier molecular flexibility index (Phi) is 5.51. The van der Waals surface area contributed by atoms with E-state index in [1.165, 1.54) is 7.05 Å². The number of aromatic nitrogens is 2. The van der Waals surface area contributed by atoms with Crippen molar-refractivity contribution in [1.82, 2.24) is 19.4 Å². The number of likely N-dealkylation sites (N-methyl/N-ethyl adjacent to an activating group) is 1. The van der Waals surface area contributed by atoms with E-state index in [1.807, 2.05) is 30.3 Å². The van der Waals surface area contributed by atoms with Gasteiger partial charge in [0.1, 0.15) is 0 Å². The van der Waals surface area contributed by atoms with E-state index < -0.39 is 10.0 Å². The number of amides is 1. The maximum Gasteiger partial charge on any atom is 0.238 e. The average molecular weight is 336 g/mol. The van der Waals surface area contributed by atoms with Crippen LogP contribution in [0.25, 0.3) is 0 Å². The van der Waals surface area contributed by atoms with Crippen molar-refractivity contribution in [3.8, 4) is 0 Å². The minimum Gasteiger partial charge on any atom is -0.331 e. The molecule has 2 aromatic rings. The zero-order valence-electron chi connectivity index (χ0n) is 13.1. The zero-order valence-corrected chi connectivity index (χ0v) is 14.0. The van der Waals surface area contributed by atoms with Gasteiger partial charge in [0.2, 0.25) is 15.9 Å². The topological polar surface area (TPSA) is 86.4 Å². The summed E-state index contributed by atoms with van der Waals surface area (Å²) in [5, 5.41) is 6.69. The van der Waals surface area contributed by atoms with Crippen LogP contribution in [-0.2, 0) is 27.9 Å². The molecule has 124 valence electrons. The molecule has 23 heavy (non-hydrogen) atoms. The minimum absolute atomic E-state index is 0.195. The molecule has 0 unspecified atom stereocenters. The van der Waals surface area contributed by atoms with Gasteiger partial charge in [0.25, 0.3) is 0 Å². The fraction of sp³-hybridized carbons (Fsp3) is 0.333. The maximum absolute atomic E-state index is 12.5. The highest BCUT2D eigenvalue weighted by molar-refractivity contribution is 7.88. The van der Waals surface area contributed by atoms with Crippen molar-refractivity contribution in [1.29, 1.82) is 0 Å². The fourth-order valence-electron chi connectivity index (χ4n) is 2.02. The Morgan fingerprint density at radius 1 is 1.17 bits per heavy atom. The standard InChI is InChI=1S/C15H20N4O3S/c1-18(23(2,21)22)12-15(20)19(11-14-8-9-16-17-14)10-13-6-4-3-5-7-13/h3-9H,10-12H2,1-2H3,(H,16,17). The summed E-state index contributed by atoms with van der Waals surface area (Å²) in [6, 6.07) is 11.3. The van der Waals surface area contributed by atoms with Crippen molar-refractivity contribution in [3.05, 3.63) is 53.9 Å². The number of aromatic amines is 1. The summed E-state index contributed by atoms with van der Waals surface area (Å²) in [4.78, 5) is 14.1. The van der Waals surface area contributed by atoms with Gasteiger partial charge >= 0.3 is 0 Å². The first-order valence-corrected chi connectivity index (χ1v) is 8.92. The van der Waals surface area contributed by atoms with Gasteiger partial charge in [-0.2, -0.15) is 9.40 Å². The molecule has 0 saturated carbocycles. The van der Waals surface area contributed by atoms with Gasteiger partial charge in [-0.25, -0.2) is 8.42 Å². The van der Waals surface area contributed by atoms with E-state index in [-0.39, 0.29) is 12.5 Å². The van der Waals surface area contributed by atoms with Crippen LogP contribution >= 0.6 is 0 Å². The summed E-state index contributed by atoms with van der Waals surface area (Å²) in [7, 11) is -2.01. The van der Waals surface area contributed by atoms with Crippen LogP contribution in [0.4, 0.5) is 0 Å². The number of sulfonamides is 1. The molecule has 0 atom stereocenters. The molecule has 0 saturated heterocycles. The molecule has 1 aromatic heterocycles. The number of carbonyl (C=O) groups excluding carboxylic acids is 1. The van der Waals surface area contributed by atoms with Crippen LogP contribution in [0.2, 0.25) is 0 Å². The summed E-state index contributed by atoms with van der Waals surface area (Å²) >= 11 is 0. The van der Waals surface area contributed by atoms with Gasteiger partial charge in [-0.1, -0.05) is 30.3 Å². The molecule has 7 nitrogen and oxygen atoms in total. The van der Waals surface area contributed by atoms with Crippen LogP contribution < -0.4 is 0 Å². The van der Waals surface area contributed by atoms with Crippen LogP contribution in [0.15, 0.2) is 42.6 Å². The van der Waals surface area contributed by atoms with Crippen molar-refractivity contribution < 1.29 is 13.2 Å². The summed E-state index contributed by atoms with van der Waals surface area (Å²) < 4.78 is 24.0. The SMILES string of the molecule is CN(CC(=O)N(Cc1ccccc1)Cc1ccn[nH]1)S(C)(=O)=O. The van der Waals surface area contributed by atoms with Crippen LogP contribution in [0.1, 0.15) is 11.3 Å². The highest BCUT2D eigenvalue weighted by atomic mass is 32.2. The fourth-order valence-corrected chi connectivity index (χ4v) is 2.37. The lowest BCUT2D eigenvalue weighted by molar-refractivity contribution is -0.132. The van der Waals surface area contributed by atoms with Crippen molar-refractivity contribution in [2.24, 2.45) is 0 Å². The molecule has 1 heterocycles. The Morgan fingerprint density at radius 3 is 2.43 bits per heavy atom. The molecule has 1 N–H and O–H groups in total. The number of hydrogen-bond donors (Lipinski definition) is 1. The van der Waals surface area contributed by atoms with Gasteiger partial charge < -0.3 is 4.90 Å². The lowest BCUT2D eigenvalue weighted by atomic mass is 10.2. The maximum atomic E-state index is 12.5. The Hall–Kier alpha value is -2.19. The number of nitrogens with one attached hydrogen (secondary N) is 1. The van der Waals surface area contributed by atoms with Gasteiger partial charge in [-0.3, -0.25) is 9.89 Å². The van der Waals surface area contributed by atoms with Crippen molar-refractivity contribution in [2.45, 2.75) is 13.1 Å². The van der Waals surface area contributed by atoms with Crippen molar-refractivity contribution in [2.75, 3.05) is 19.8 Å². The number of benzene rings is 1. The largest absolute Gasteiger partial charge is 0.331 e. The van der Waals surface area contributed by atoms with E-state index in [2.05, 4.69) is 10.2 Å². The number of carbonyl (C=O) groups is 1. The van der Waals surface area contributed by atoms with E-state index in [4.69, 9.17) is 0 Å². The molecule has 0 radical (unpaired) electrons. The van der Waals surface area contributed by atoms with E-state index in [9.17, 15) is 13.2 Å². The predicted molar refractivity (Wildman–Crippen MR) is 86.8 cm³/mol. The first-order chi connectivity index (χ1) is 10.9. The molecule has 0 spiro atoms. The predicted octanol–water partition coefficient (Wildman–Crippen LogP) is 0.830. The number of nitrogens with zero attached hydrogens (tertiary/aromatic N) is 3. The second-order valence-electron chi connectivity index (χ2n) is 5.34. The molecular formula is C15H20N4O3S. The smallest absolute Gasteiger partial charge is 0.238 e. The molecule has 0 bridgehead atoms. The molecule has 1 aromatic carbocycles. The lowest BCUT2D eigenvalue weighted by Gasteiger charge is -2.24. The highest BCUT2D eigenvalue weighted by Gasteiger charge is 2.21. The summed E-state index contributed by atoms with van der Waals surface area (Å²) in [6.07, 6.45) is 2.69. The third kappa shape index (κ3) is 5.19. The van der Waals surface area contributed by atoms with Gasteiger partial charge in [0.05, 0.1) is 25.0 Å². The quantitative estimate of drug-likeness (QED) is 0.811. The second-order valence-corrected chi connectivity index (χ2v) is 7.43. The third-order valence-electron chi connectivity index (χ3n) is 3.41. The van der Waals surface area contributed by atoms with Gasteiger partial charge in [-0.15, -0.1) is 0 Å². The second kappa shape index (κ2) is 7.38. The Bertz CT molecular complexity index is 729. The van der Waals surface area contributed by atoms with Crippen molar-refractivity contribution in [3.63, 3.8) is 0 Å². The molecule has 0 aliphatic heterocycles. The average Bonchev–Trinajstić information content (AvgIpc) is 2.99. The van der Waals surface area contributed by atoms with Crippen LogP contribution in [0, 0.1) is 0 Å². The molecular weight excluding hydrogens is 316 g/mol. The van der Waals surface area contributed by atoms with E-state index in [0.29, 0.717) is 13.1 Å². The third-order valence-corrected chi connectivity index (χ3v) is 4.67. The zero-order chi connectivity index (χ0) is 16.9. The minimum atomic E-state index is -3.40. The molecule has 1 amide bonds. The molecule has 0 fully saturated rings. The number of hydrogen-bond acceptors (Lipinski definition) is 4. The van der Waals surface area contributed by atoms with E-state index in [1.54, 1.807) is 17.2 Å². The number of H-pyrrole nitrogens is 1. The summed E-state index contributed by atoms with van der Waals surface area (Å²) in [5.74, 6) is -0.267. The monoisotopic (exact) mass is 336 g/mol. The van der Waals surface area contributed by atoms with Crippen LogP contribution in [-0.4, -0.2) is 53.6 Å². The Balaban J connectivity index is 2.13. The van der Waals surface area contributed by atoms with E-state index in [0.717, 1.165) is 21.8 Å². The first-order valence-electron chi connectivity index (χ1n) is 7.07. The van der Waals surface area contributed by atoms with Gasteiger partial charge in [-0.05, 0) is 11.6 Å². The highest BCUT2D eigenvalue weighted by Crippen LogP contribution is 2.10. The van der Waals surface area contributed by atoms with E-state index >= 15 is 0 Å². The molecule has 0 aliphatic rings. The van der Waals surface area contributed by atoms with Crippen LogP contribution in [0.5, 0.6) is 0 Å². The van der Waals surface area contributed by atoms with Crippen molar-refractivity contribution >= 4 is 15.9 Å². The molecule has 8 heteroatoms. The molecule has 2 rings (SSSR count). The molecule has 0 aliphatic carbocycles. The number of rotatable bonds is 7. The summed E-state index contributed by atoms with van der Waals surface area (Å²) in [5.41, 5.74) is 1.76. The first kappa shape index (κ1) is 17.2. The van der Waals surface area contributed by atoms with Gasteiger partial charge in [0, 0.05) is 19.8 Å².